The molecule has 0 saturated carbocycles. The summed E-state index contributed by atoms with van der Waals surface area (Å²) in [6.45, 7) is 5.35. The van der Waals surface area contributed by atoms with Crippen LogP contribution >= 0.6 is 15.2 Å². The van der Waals surface area contributed by atoms with Gasteiger partial charge in [-0.3, -0.25) is 9.13 Å². The van der Waals surface area contributed by atoms with Gasteiger partial charge < -0.3 is 30.4 Å². The van der Waals surface area contributed by atoms with Gasteiger partial charge in [0.1, 0.15) is 0 Å². The summed E-state index contributed by atoms with van der Waals surface area (Å²) in [5, 5.41) is 6.53. The summed E-state index contributed by atoms with van der Waals surface area (Å²) in [4.78, 5) is 36.5. The molecule has 0 saturated heterocycles. The van der Waals surface area contributed by atoms with E-state index in [1.54, 1.807) is 0 Å². The van der Waals surface area contributed by atoms with Gasteiger partial charge in [0.25, 0.3) is 5.08 Å². The highest BCUT2D eigenvalue weighted by Gasteiger charge is 2.68. The Morgan fingerprint density at radius 1 is 0.944 bits per heavy atom. The Balaban J connectivity index is 5.94. The molecule has 0 aliphatic heterocycles. The fourth-order valence-electron chi connectivity index (χ4n) is 2.22. The van der Waals surface area contributed by atoms with Gasteiger partial charge in [-0.2, -0.15) is 0 Å². The van der Waals surface area contributed by atoms with Gasteiger partial charge in [0.05, 0.1) is 0 Å². The van der Waals surface area contributed by atoms with E-state index in [1.807, 2.05) is 0 Å². The highest BCUT2D eigenvalue weighted by Crippen LogP contribution is 2.74. The summed E-state index contributed by atoms with van der Waals surface area (Å²) in [5.41, 5.74) is 2.93. The summed E-state index contributed by atoms with van der Waals surface area (Å²) in [6, 6.07) is 0. The van der Waals surface area contributed by atoms with Crippen molar-refractivity contribution >= 4 is 15.2 Å². The molecule has 0 aromatic carbocycles. The van der Waals surface area contributed by atoms with E-state index in [9.17, 15) is 14.2 Å². The third-order valence-corrected chi connectivity index (χ3v) is 7.02. The quantitative estimate of drug-likeness (QED) is 0.391. The predicted molar refractivity (Wildman–Crippen MR) is 65.7 cm³/mol. The fraction of sp³-hybridized carbons (Fsp3) is 1.00. The van der Waals surface area contributed by atoms with E-state index in [4.69, 9.17) is 25.3 Å². The molecule has 0 bridgehead atoms. The highest BCUT2D eigenvalue weighted by molar-refractivity contribution is 7.72. The van der Waals surface area contributed by atoms with Gasteiger partial charge in [0.15, 0.2) is 0 Å². The average molecular weight is 305 g/mol. The standard InChI is InChI=1S/C8H21NO7P2/c1-6(2,5-7(3,4)9)8(10,17(11,12)13)18(14,15)16/h10H,5,9H2,1-4H3,(H2,11,12,13)(H2,14,15,16). The molecular formula is C8H21NO7P2. The zero-order valence-corrected chi connectivity index (χ0v) is 12.5. The molecule has 0 atom stereocenters. The van der Waals surface area contributed by atoms with Crippen LogP contribution in [0.25, 0.3) is 0 Å². The zero-order chi connectivity index (χ0) is 15.2. The minimum atomic E-state index is -5.48. The molecule has 0 spiro atoms. The van der Waals surface area contributed by atoms with Crippen LogP contribution in [0.15, 0.2) is 0 Å². The lowest BCUT2D eigenvalue weighted by Gasteiger charge is -2.44. The molecule has 8 nitrogen and oxygen atoms in total. The Labute approximate surface area is 106 Å². The second-order valence-electron chi connectivity index (χ2n) is 5.77. The van der Waals surface area contributed by atoms with Gasteiger partial charge in [0.2, 0.25) is 0 Å². The first kappa shape index (κ1) is 18.2. The molecule has 0 aromatic rings. The van der Waals surface area contributed by atoms with Gasteiger partial charge in [0, 0.05) is 11.0 Å². The van der Waals surface area contributed by atoms with Gasteiger partial charge in [-0.1, -0.05) is 13.8 Å². The first-order valence-corrected chi connectivity index (χ1v) is 8.31. The maximum absolute atomic E-state index is 11.3. The van der Waals surface area contributed by atoms with Crippen LogP contribution in [-0.2, 0) is 9.13 Å². The average Bonchev–Trinajstić information content (AvgIpc) is 1.92. The molecule has 0 aromatic heterocycles. The topological polar surface area (TPSA) is 161 Å². The minimum Gasteiger partial charge on any atom is -0.367 e. The van der Waals surface area contributed by atoms with Gasteiger partial charge in [-0.25, -0.2) is 0 Å². The van der Waals surface area contributed by atoms with E-state index < -0.39 is 31.2 Å². The van der Waals surface area contributed by atoms with Crippen LogP contribution in [-0.4, -0.2) is 35.3 Å². The van der Waals surface area contributed by atoms with Crippen LogP contribution in [0.4, 0.5) is 0 Å². The minimum absolute atomic E-state index is 0.202. The lowest BCUT2D eigenvalue weighted by Crippen LogP contribution is -2.49. The molecule has 18 heavy (non-hydrogen) atoms. The highest BCUT2D eigenvalue weighted by atomic mass is 31.2. The van der Waals surface area contributed by atoms with Crippen LogP contribution in [0, 0.1) is 5.41 Å². The Morgan fingerprint density at radius 2 is 1.22 bits per heavy atom. The van der Waals surface area contributed by atoms with Crippen molar-refractivity contribution in [3.05, 3.63) is 0 Å². The van der Waals surface area contributed by atoms with Gasteiger partial charge in [-0.15, -0.1) is 0 Å². The number of nitrogens with two attached hydrogens (primary N) is 1. The summed E-state index contributed by atoms with van der Waals surface area (Å²) in [6.07, 6.45) is -0.202. The van der Waals surface area contributed by atoms with Crippen LogP contribution in [0.1, 0.15) is 34.1 Å². The van der Waals surface area contributed by atoms with Crippen molar-refractivity contribution in [3.63, 3.8) is 0 Å². The van der Waals surface area contributed by atoms with E-state index in [-0.39, 0.29) is 6.42 Å². The SMILES string of the molecule is CC(C)(N)CC(C)(C)C(O)(P(=O)(O)O)P(=O)(O)O. The van der Waals surface area contributed by atoms with Crippen LogP contribution in [0.5, 0.6) is 0 Å². The van der Waals surface area contributed by atoms with Crippen molar-refractivity contribution in [2.75, 3.05) is 0 Å². The fourth-order valence-corrected chi connectivity index (χ4v) is 5.31. The summed E-state index contributed by atoms with van der Waals surface area (Å²) in [7, 11) is -11.0. The number of hydrogen-bond acceptors (Lipinski definition) is 4. The van der Waals surface area contributed by atoms with E-state index in [1.165, 1.54) is 13.8 Å². The van der Waals surface area contributed by atoms with Gasteiger partial charge >= 0.3 is 15.2 Å². The van der Waals surface area contributed by atoms with Crippen LogP contribution in [0.3, 0.4) is 0 Å². The summed E-state index contributed by atoms with van der Waals surface area (Å²) in [5.74, 6) is 0. The van der Waals surface area contributed by atoms with Crippen molar-refractivity contribution in [3.8, 4) is 0 Å². The lowest BCUT2D eigenvalue weighted by atomic mass is 9.81. The molecule has 0 radical (unpaired) electrons. The van der Waals surface area contributed by atoms with Crippen molar-refractivity contribution in [2.45, 2.75) is 44.7 Å². The third-order valence-electron chi connectivity index (χ3n) is 2.62. The summed E-state index contributed by atoms with van der Waals surface area (Å²) < 4.78 is 22.7. The normalized spacial score (nSPS) is 15.9. The van der Waals surface area contributed by atoms with E-state index >= 15 is 0 Å². The molecule has 110 valence electrons. The molecule has 0 fully saturated rings. The number of rotatable bonds is 5. The molecule has 0 aliphatic rings. The monoisotopic (exact) mass is 305 g/mol. The van der Waals surface area contributed by atoms with E-state index in [0.717, 1.165) is 13.8 Å². The Hall–Kier alpha value is 0.220. The zero-order valence-electron chi connectivity index (χ0n) is 10.7. The van der Waals surface area contributed by atoms with Crippen molar-refractivity contribution in [1.29, 1.82) is 0 Å². The van der Waals surface area contributed by atoms with Gasteiger partial charge in [-0.05, 0) is 20.3 Å². The third kappa shape index (κ3) is 3.40. The molecule has 10 heteroatoms. The first-order chi connectivity index (χ1) is 7.46. The maximum atomic E-state index is 11.3. The van der Waals surface area contributed by atoms with Crippen molar-refractivity contribution in [1.82, 2.24) is 0 Å². The predicted octanol–water partition coefficient (Wildman–Crippen LogP) is 0.141. The van der Waals surface area contributed by atoms with Crippen molar-refractivity contribution < 1.29 is 33.8 Å². The van der Waals surface area contributed by atoms with E-state index in [0.29, 0.717) is 0 Å². The Morgan fingerprint density at radius 3 is 1.39 bits per heavy atom. The second-order valence-corrected chi connectivity index (χ2v) is 9.60. The smallest absolute Gasteiger partial charge is 0.367 e. The second kappa shape index (κ2) is 4.65. The summed E-state index contributed by atoms with van der Waals surface area (Å²) >= 11 is 0. The molecular weight excluding hydrogens is 284 g/mol. The molecule has 0 amide bonds. The largest absolute Gasteiger partial charge is 0.370 e. The number of aliphatic hydroxyl groups is 1. The lowest BCUT2D eigenvalue weighted by molar-refractivity contribution is 0.0153. The van der Waals surface area contributed by atoms with Crippen molar-refractivity contribution in [2.24, 2.45) is 11.1 Å². The van der Waals surface area contributed by atoms with Crippen LogP contribution < -0.4 is 5.73 Å². The van der Waals surface area contributed by atoms with Crippen LogP contribution in [0.2, 0.25) is 0 Å². The molecule has 0 heterocycles. The molecule has 0 aliphatic carbocycles. The molecule has 0 unspecified atom stereocenters. The Kier molecular flexibility index (Phi) is 4.70. The maximum Gasteiger partial charge on any atom is 0.370 e. The number of hydrogen-bond donors (Lipinski definition) is 6. The van der Waals surface area contributed by atoms with E-state index in [2.05, 4.69) is 0 Å². The molecule has 0 rings (SSSR count). The first-order valence-electron chi connectivity index (χ1n) is 5.08. The Bertz CT molecular complexity index is 380. The molecule has 7 N–H and O–H groups in total.